The second kappa shape index (κ2) is 7.59. The fourth-order valence-electron chi connectivity index (χ4n) is 1.32. The molecule has 0 fully saturated rings. The maximum absolute atomic E-state index is 12.0. The Morgan fingerprint density at radius 2 is 2.05 bits per heavy atom. The number of hydrogen-bond acceptors (Lipinski definition) is 3. The van der Waals surface area contributed by atoms with Gasteiger partial charge in [-0.3, -0.25) is 0 Å². The van der Waals surface area contributed by atoms with Crippen molar-refractivity contribution in [1.82, 2.24) is 10.6 Å². The van der Waals surface area contributed by atoms with E-state index in [9.17, 15) is 18.0 Å². The van der Waals surface area contributed by atoms with Crippen molar-refractivity contribution < 1.29 is 27.8 Å². The molecule has 0 aliphatic carbocycles. The van der Waals surface area contributed by atoms with Crippen molar-refractivity contribution in [3.05, 3.63) is 29.8 Å². The topological polar surface area (TPSA) is 70.6 Å². The third-order valence-corrected chi connectivity index (χ3v) is 2.15. The van der Waals surface area contributed by atoms with Gasteiger partial charge in [0.05, 0.1) is 6.61 Å². The Bertz CT molecular complexity index is 438. The molecule has 0 atom stereocenters. The summed E-state index contributed by atoms with van der Waals surface area (Å²) >= 11 is 0. The number of carbonyl (C=O) groups excluding carboxylic acids is 1. The predicted molar refractivity (Wildman–Crippen MR) is 65.3 cm³/mol. The summed E-state index contributed by atoms with van der Waals surface area (Å²) in [7, 11) is 0. The van der Waals surface area contributed by atoms with Gasteiger partial charge in [0.1, 0.15) is 5.75 Å². The van der Waals surface area contributed by atoms with E-state index in [0.717, 1.165) is 0 Å². The van der Waals surface area contributed by atoms with Crippen LogP contribution < -0.4 is 15.4 Å². The minimum atomic E-state index is -4.39. The van der Waals surface area contributed by atoms with Gasteiger partial charge in [-0.15, -0.1) is 0 Å². The van der Waals surface area contributed by atoms with Gasteiger partial charge in [-0.1, -0.05) is 12.1 Å². The van der Waals surface area contributed by atoms with Crippen LogP contribution in [-0.2, 0) is 6.54 Å². The van der Waals surface area contributed by atoms with Crippen LogP contribution in [0.3, 0.4) is 0 Å². The van der Waals surface area contributed by atoms with E-state index in [1.165, 1.54) is 18.2 Å². The van der Waals surface area contributed by atoms with E-state index in [4.69, 9.17) is 5.11 Å². The van der Waals surface area contributed by atoms with E-state index in [1.807, 2.05) is 0 Å². The molecule has 0 unspecified atom stereocenters. The third kappa shape index (κ3) is 6.83. The number of halogens is 3. The summed E-state index contributed by atoms with van der Waals surface area (Å²) in [5, 5.41) is 13.4. The largest absolute Gasteiger partial charge is 0.484 e. The Hall–Kier alpha value is -1.96. The molecule has 1 aromatic rings. The molecule has 0 saturated carbocycles. The second-order valence-corrected chi connectivity index (χ2v) is 3.88. The number of nitrogens with one attached hydrogen (secondary N) is 2. The average molecular weight is 292 g/mol. The summed E-state index contributed by atoms with van der Waals surface area (Å²) < 4.78 is 40.6. The molecule has 3 N–H and O–H groups in total. The van der Waals surface area contributed by atoms with Crippen LogP contribution in [0.1, 0.15) is 5.56 Å². The first-order valence-corrected chi connectivity index (χ1v) is 5.82. The molecule has 112 valence electrons. The lowest BCUT2D eigenvalue weighted by atomic mass is 10.2. The lowest BCUT2D eigenvalue weighted by Gasteiger charge is -2.11. The molecule has 2 amide bonds. The number of ether oxygens (including phenoxy) is 1. The maximum Gasteiger partial charge on any atom is 0.422 e. The highest BCUT2D eigenvalue weighted by molar-refractivity contribution is 5.73. The standard InChI is InChI=1S/C12H15F3N2O3/c13-12(14,15)8-20-10-3-1-2-9(6-10)7-17-11(19)16-4-5-18/h1-3,6,18H,4-5,7-8H2,(H2,16,17,19). The van der Waals surface area contributed by atoms with Crippen LogP contribution in [0.25, 0.3) is 0 Å². The highest BCUT2D eigenvalue weighted by Gasteiger charge is 2.28. The van der Waals surface area contributed by atoms with Crippen molar-refractivity contribution in [2.45, 2.75) is 12.7 Å². The smallest absolute Gasteiger partial charge is 0.422 e. The van der Waals surface area contributed by atoms with Gasteiger partial charge in [-0.2, -0.15) is 13.2 Å². The first-order chi connectivity index (χ1) is 9.40. The van der Waals surface area contributed by atoms with Crippen LogP contribution in [0.15, 0.2) is 24.3 Å². The zero-order valence-electron chi connectivity index (χ0n) is 10.5. The fourth-order valence-corrected chi connectivity index (χ4v) is 1.32. The Balaban J connectivity index is 2.45. The van der Waals surface area contributed by atoms with Gasteiger partial charge >= 0.3 is 12.2 Å². The molecule has 0 aromatic heterocycles. The first kappa shape index (κ1) is 16.1. The molecule has 0 bridgehead atoms. The lowest BCUT2D eigenvalue weighted by Crippen LogP contribution is -2.36. The number of alkyl halides is 3. The first-order valence-electron chi connectivity index (χ1n) is 5.82. The number of rotatable bonds is 6. The highest BCUT2D eigenvalue weighted by Crippen LogP contribution is 2.19. The van der Waals surface area contributed by atoms with Crippen molar-refractivity contribution in [3.63, 3.8) is 0 Å². The fraction of sp³-hybridized carbons (Fsp3) is 0.417. The minimum absolute atomic E-state index is 0.0809. The normalized spacial score (nSPS) is 11.0. The van der Waals surface area contributed by atoms with E-state index in [1.54, 1.807) is 6.07 Å². The summed E-state index contributed by atoms with van der Waals surface area (Å²) in [5.74, 6) is 0.0809. The number of amides is 2. The number of aliphatic hydroxyl groups is 1. The molecule has 0 radical (unpaired) electrons. The quantitative estimate of drug-likeness (QED) is 0.742. The Morgan fingerprint density at radius 3 is 2.70 bits per heavy atom. The van der Waals surface area contributed by atoms with Crippen LogP contribution >= 0.6 is 0 Å². The van der Waals surface area contributed by atoms with E-state index < -0.39 is 18.8 Å². The zero-order chi connectivity index (χ0) is 15.0. The SMILES string of the molecule is O=C(NCCO)NCc1cccc(OCC(F)(F)F)c1. The van der Waals surface area contributed by atoms with E-state index in [2.05, 4.69) is 15.4 Å². The van der Waals surface area contributed by atoms with Gasteiger partial charge in [0.15, 0.2) is 6.61 Å². The molecule has 0 aliphatic heterocycles. The average Bonchev–Trinajstić information content (AvgIpc) is 2.40. The predicted octanol–water partition coefficient (Wildman–Crippen LogP) is 1.42. The number of hydrogen-bond donors (Lipinski definition) is 3. The van der Waals surface area contributed by atoms with Gasteiger partial charge in [0.2, 0.25) is 0 Å². The van der Waals surface area contributed by atoms with Crippen molar-refractivity contribution in [3.8, 4) is 5.75 Å². The van der Waals surface area contributed by atoms with E-state index >= 15 is 0 Å². The number of aliphatic hydroxyl groups excluding tert-OH is 1. The molecule has 0 saturated heterocycles. The Kier molecular flexibility index (Phi) is 6.10. The lowest BCUT2D eigenvalue weighted by molar-refractivity contribution is -0.153. The van der Waals surface area contributed by atoms with Crippen molar-refractivity contribution >= 4 is 6.03 Å². The summed E-state index contributed by atoms with van der Waals surface area (Å²) in [4.78, 5) is 11.2. The monoisotopic (exact) mass is 292 g/mol. The van der Waals surface area contributed by atoms with Gasteiger partial charge in [0.25, 0.3) is 0 Å². The molecule has 20 heavy (non-hydrogen) atoms. The molecular weight excluding hydrogens is 277 g/mol. The van der Waals surface area contributed by atoms with Crippen molar-refractivity contribution in [2.24, 2.45) is 0 Å². The Morgan fingerprint density at radius 1 is 1.30 bits per heavy atom. The van der Waals surface area contributed by atoms with Crippen LogP contribution in [0, 0.1) is 0 Å². The van der Waals surface area contributed by atoms with Crippen LogP contribution in [-0.4, -0.2) is 37.1 Å². The molecule has 0 aliphatic rings. The van der Waals surface area contributed by atoms with Crippen molar-refractivity contribution in [2.75, 3.05) is 19.8 Å². The molecule has 5 nitrogen and oxygen atoms in total. The summed E-state index contributed by atoms with van der Waals surface area (Å²) in [5.41, 5.74) is 0.601. The molecule has 1 aromatic carbocycles. The Labute approximate surface area is 113 Å². The number of carbonyl (C=O) groups is 1. The maximum atomic E-state index is 12.0. The van der Waals surface area contributed by atoms with Crippen LogP contribution in [0.4, 0.5) is 18.0 Å². The van der Waals surface area contributed by atoms with E-state index in [0.29, 0.717) is 5.56 Å². The zero-order valence-corrected chi connectivity index (χ0v) is 10.5. The summed E-state index contributed by atoms with van der Waals surface area (Å²) in [6.07, 6.45) is -4.39. The number of urea groups is 1. The minimum Gasteiger partial charge on any atom is -0.484 e. The van der Waals surface area contributed by atoms with E-state index in [-0.39, 0.29) is 25.4 Å². The highest BCUT2D eigenvalue weighted by atomic mass is 19.4. The van der Waals surface area contributed by atoms with Crippen LogP contribution in [0.5, 0.6) is 5.75 Å². The second-order valence-electron chi connectivity index (χ2n) is 3.88. The molecule has 8 heteroatoms. The molecule has 0 spiro atoms. The third-order valence-electron chi connectivity index (χ3n) is 2.15. The molecular formula is C12H15F3N2O3. The van der Waals surface area contributed by atoms with Crippen LogP contribution in [0.2, 0.25) is 0 Å². The summed E-state index contributed by atoms with van der Waals surface area (Å²) in [6.45, 7) is -1.27. The summed E-state index contributed by atoms with van der Waals surface area (Å²) in [6, 6.07) is 5.53. The van der Waals surface area contributed by atoms with Gasteiger partial charge in [0, 0.05) is 13.1 Å². The number of benzene rings is 1. The van der Waals surface area contributed by atoms with Crippen molar-refractivity contribution in [1.29, 1.82) is 0 Å². The van der Waals surface area contributed by atoms with Gasteiger partial charge in [-0.05, 0) is 17.7 Å². The van der Waals surface area contributed by atoms with Gasteiger partial charge in [-0.25, -0.2) is 4.79 Å². The van der Waals surface area contributed by atoms with Gasteiger partial charge < -0.3 is 20.5 Å². The molecule has 1 rings (SSSR count). The molecule has 0 heterocycles.